The van der Waals surface area contributed by atoms with Crippen molar-refractivity contribution in [2.75, 3.05) is 20.2 Å². The molecule has 142 valence electrons. The van der Waals surface area contributed by atoms with Gasteiger partial charge in [-0.1, -0.05) is 38.8 Å². The first-order chi connectivity index (χ1) is 11.8. The normalized spacial score (nSPS) is 29.0. The number of rotatable bonds is 6. The second-order valence-corrected chi connectivity index (χ2v) is 9.44. The number of halogens is 1. The molecule has 1 aliphatic heterocycles. The van der Waals surface area contributed by atoms with Crippen LogP contribution in [0.3, 0.4) is 0 Å². The van der Waals surface area contributed by atoms with Crippen LogP contribution < -0.4 is 0 Å². The lowest BCUT2D eigenvalue weighted by atomic mass is 9.72. The third kappa shape index (κ3) is 4.40. The molecule has 4 nitrogen and oxygen atoms in total. The summed E-state index contributed by atoms with van der Waals surface area (Å²) in [6, 6.07) is 0. The van der Waals surface area contributed by atoms with Gasteiger partial charge in [0.15, 0.2) is 5.15 Å². The van der Waals surface area contributed by atoms with Gasteiger partial charge in [0.25, 0.3) is 0 Å². The molecule has 1 N–H and O–H groups in total. The average Bonchev–Trinajstić information content (AvgIpc) is 3.07. The Labute approximate surface area is 157 Å². The van der Waals surface area contributed by atoms with Crippen molar-refractivity contribution in [3.8, 4) is 0 Å². The Hall–Kier alpha value is -0.580. The summed E-state index contributed by atoms with van der Waals surface area (Å²) >= 11 is 6.41. The fourth-order valence-corrected chi connectivity index (χ4v) is 4.90. The summed E-state index contributed by atoms with van der Waals surface area (Å²) in [6.07, 6.45) is 8.28. The smallest absolute Gasteiger partial charge is 0.155 e. The molecule has 1 spiro atoms. The molecule has 1 saturated carbocycles. The van der Waals surface area contributed by atoms with E-state index in [-0.39, 0.29) is 5.60 Å². The van der Waals surface area contributed by atoms with E-state index in [1.54, 1.807) is 0 Å². The van der Waals surface area contributed by atoms with Gasteiger partial charge in [-0.05, 0) is 57.5 Å². The zero-order valence-corrected chi connectivity index (χ0v) is 17.1. The quantitative estimate of drug-likeness (QED) is 0.756. The monoisotopic (exact) mass is 367 g/mol. The molecule has 1 aromatic rings. The highest BCUT2D eigenvalue weighted by atomic mass is 35.5. The number of nitrogens with zero attached hydrogens (tertiary/aromatic N) is 2. The van der Waals surface area contributed by atoms with E-state index in [0.29, 0.717) is 16.5 Å². The molecule has 2 fully saturated rings. The minimum Gasteiger partial charge on any atom is -0.374 e. The Morgan fingerprint density at radius 2 is 2.04 bits per heavy atom. The van der Waals surface area contributed by atoms with Crippen molar-refractivity contribution in [1.82, 2.24) is 15.1 Å². The Morgan fingerprint density at radius 3 is 2.64 bits per heavy atom. The number of H-pyrrole nitrogens is 1. The maximum absolute atomic E-state index is 6.41. The molecule has 2 heterocycles. The van der Waals surface area contributed by atoms with Crippen LogP contribution in [-0.2, 0) is 11.3 Å². The number of ether oxygens (including phenoxy) is 1. The van der Waals surface area contributed by atoms with Gasteiger partial charge in [0, 0.05) is 23.7 Å². The standard InChI is InChI=1S/C20H34ClN3O/c1-5-6-11-24(4)12-16-17(22-23-18(16)21)15-7-9-20(10-8-15)13-19(2,3)14-25-20/h15H,5-14H2,1-4H3,(H,22,23). The van der Waals surface area contributed by atoms with Gasteiger partial charge in [-0.2, -0.15) is 5.10 Å². The Morgan fingerprint density at radius 1 is 1.32 bits per heavy atom. The molecule has 1 aliphatic carbocycles. The van der Waals surface area contributed by atoms with Crippen molar-refractivity contribution in [2.45, 2.75) is 83.8 Å². The SMILES string of the molecule is CCCCN(C)Cc1c(Cl)n[nH]c1C1CCC2(CC1)CC(C)(C)CO2. The number of hydrogen-bond acceptors (Lipinski definition) is 3. The summed E-state index contributed by atoms with van der Waals surface area (Å²) in [6.45, 7) is 9.78. The summed E-state index contributed by atoms with van der Waals surface area (Å²) in [5.41, 5.74) is 2.92. The second-order valence-electron chi connectivity index (χ2n) is 9.08. The first-order valence-electron chi connectivity index (χ1n) is 9.89. The molecule has 2 aliphatic rings. The molecule has 0 aromatic carbocycles. The fraction of sp³-hybridized carbons (Fsp3) is 0.850. The molecule has 25 heavy (non-hydrogen) atoms. The van der Waals surface area contributed by atoms with E-state index < -0.39 is 0 Å². The predicted octanol–water partition coefficient (Wildman–Crippen LogP) is 5.14. The molecular weight excluding hydrogens is 334 g/mol. The topological polar surface area (TPSA) is 41.2 Å². The van der Waals surface area contributed by atoms with Crippen LogP contribution in [0.15, 0.2) is 0 Å². The third-order valence-corrected chi connectivity index (χ3v) is 6.36. The van der Waals surface area contributed by atoms with Crippen LogP contribution >= 0.6 is 11.6 Å². The third-order valence-electron chi connectivity index (χ3n) is 6.04. The zero-order valence-electron chi connectivity index (χ0n) is 16.3. The molecule has 0 radical (unpaired) electrons. The summed E-state index contributed by atoms with van der Waals surface area (Å²) in [4.78, 5) is 2.36. The lowest BCUT2D eigenvalue weighted by molar-refractivity contribution is -0.0296. The molecule has 1 aromatic heterocycles. The number of aromatic amines is 1. The minimum absolute atomic E-state index is 0.127. The van der Waals surface area contributed by atoms with E-state index in [1.807, 2.05) is 0 Å². The maximum Gasteiger partial charge on any atom is 0.155 e. The highest BCUT2D eigenvalue weighted by Gasteiger charge is 2.46. The first kappa shape index (κ1) is 19.2. The Kier molecular flexibility index (Phi) is 5.81. The fourth-order valence-electron chi connectivity index (χ4n) is 4.70. The second kappa shape index (κ2) is 7.58. The lowest BCUT2D eigenvalue weighted by Crippen LogP contribution is -2.33. The van der Waals surface area contributed by atoms with E-state index in [4.69, 9.17) is 16.3 Å². The molecular formula is C20H34ClN3O. The van der Waals surface area contributed by atoms with Gasteiger partial charge in [-0.15, -0.1) is 0 Å². The van der Waals surface area contributed by atoms with E-state index >= 15 is 0 Å². The van der Waals surface area contributed by atoms with Crippen molar-refractivity contribution in [3.63, 3.8) is 0 Å². The Balaban J connectivity index is 1.64. The van der Waals surface area contributed by atoms with Gasteiger partial charge in [0.1, 0.15) is 0 Å². The summed E-state index contributed by atoms with van der Waals surface area (Å²) in [7, 11) is 2.17. The number of hydrogen-bond donors (Lipinski definition) is 1. The first-order valence-corrected chi connectivity index (χ1v) is 10.3. The van der Waals surface area contributed by atoms with E-state index in [0.717, 1.165) is 32.5 Å². The van der Waals surface area contributed by atoms with Crippen molar-refractivity contribution >= 4 is 11.6 Å². The highest BCUT2D eigenvalue weighted by molar-refractivity contribution is 6.30. The summed E-state index contributed by atoms with van der Waals surface area (Å²) < 4.78 is 6.27. The van der Waals surface area contributed by atoms with Gasteiger partial charge in [-0.25, -0.2) is 0 Å². The molecule has 1 saturated heterocycles. The molecule has 0 amide bonds. The van der Waals surface area contributed by atoms with Crippen LogP contribution in [0, 0.1) is 5.41 Å². The van der Waals surface area contributed by atoms with E-state index in [2.05, 4.69) is 42.9 Å². The van der Waals surface area contributed by atoms with E-state index in [1.165, 1.54) is 43.4 Å². The van der Waals surface area contributed by atoms with Gasteiger partial charge in [0.05, 0.1) is 12.2 Å². The van der Waals surface area contributed by atoms with E-state index in [9.17, 15) is 0 Å². The molecule has 3 rings (SSSR count). The maximum atomic E-state index is 6.41. The van der Waals surface area contributed by atoms with Gasteiger partial charge < -0.3 is 9.64 Å². The van der Waals surface area contributed by atoms with Crippen molar-refractivity contribution in [2.24, 2.45) is 5.41 Å². The van der Waals surface area contributed by atoms with Crippen LogP contribution in [0.1, 0.15) is 82.9 Å². The summed E-state index contributed by atoms with van der Waals surface area (Å²) in [5.74, 6) is 0.535. The van der Waals surface area contributed by atoms with Crippen LogP contribution in [0.4, 0.5) is 0 Å². The van der Waals surface area contributed by atoms with Crippen LogP contribution in [0.2, 0.25) is 5.15 Å². The average molecular weight is 368 g/mol. The molecule has 0 atom stereocenters. The Bertz CT molecular complexity index is 575. The minimum atomic E-state index is 0.127. The van der Waals surface area contributed by atoms with Gasteiger partial charge in [-0.3, -0.25) is 5.10 Å². The van der Waals surface area contributed by atoms with Crippen molar-refractivity contribution < 1.29 is 4.74 Å². The molecule has 0 unspecified atom stereocenters. The van der Waals surface area contributed by atoms with Crippen LogP contribution in [0.5, 0.6) is 0 Å². The number of nitrogens with one attached hydrogen (secondary N) is 1. The molecule has 5 heteroatoms. The van der Waals surface area contributed by atoms with Crippen molar-refractivity contribution in [3.05, 3.63) is 16.4 Å². The predicted molar refractivity (Wildman–Crippen MR) is 103 cm³/mol. The van der Waals surface area contributed by atoms with Crippen LogP contribution in [-0.4, -0.2) is 40.9 Å². The molecule has 0 bridgehead atoms. The van der Waals surface area contributed by atoms with Crippen molar-refractivity contribution in [1.29, 1.82) is 0 Å². The largest absolute Gasteiger partial charge is 0.374 e. The summed E-state index contributed by atoms with van der Waals surface area (Å²) in [5, 5.41) is 8.22. The highest BCUT2D eigenvalue weighted by Crippen LogP contribution is 2.50. The lowest BCUT2D eigenvalue weighted by Gasteiger charge is -2.37. The zero-order chi connectivity index (χ0) is 18.1. The number of unbranched alkanes of at least 4 members (excludes halogenated alkanes) is 1. The number of aromatic nitrogens is 2. The van der Waals surface area contributed by atoms with Gasteiger partial charge in [0.2, 0.25) is 0 Å². The van der Waals surface area contributed by atoms with Crippen LogP contribution in [0.25, 0.3) is 0 Å². The van der Waals surface area contributed by atoms with Gasteiger partial charge >= 0.3 is 0 Å².